The van der Waals surface area contributed by atoms with E-state index >= 15 is 0 Å². The Bertz CT molecular complexity index is 105. The molecule has 0 saturated carbocycles. The number of hydrogen-bond acceptors (Lipinski definition) is 2. The van der Waals surface area contributed by atoms with Gasteiger partial charge in [-0.15, -0.1) is 0 Å². The van der Waals surface area contributed by atoms with Crippen LogP contribution in [-0.2, 0) is 0 Å². The van der Waals surface area contributed by atoms with Crippen LogP contribution in [0.15, 0.2) is 29.6 Å². The fourth-order valence-electron chi connectivity index (χ4n) is 0.146. The lowest BCUT2D eigenvalue weighted by atomic mass is 10.5. The first-order valence-corrected chi connectivity index (χ1v) is 1.78. The van der Waals surface area contributed by atoms with Gasteiger partial charge in [0.25, 0.3) is 0 Å². The average molecular weight is 97.1 g/mol. The van der Waals surface area contributed by atoms with Crippen LogP contribution < -0.4 is 0 Å². The van der Waals surface area contributed by atoms with E-state index in [2.05, 4.69) is 18.3 Å². The van der Waals surface area contributed by atoms with Crippen molar-refractivity contribution in [3.05, 3.63) is 24.6 Å². The topological polar surface area (TPSA) is 32.6 Å². The standard InChI is InChI=1S/C5H7NO/c1-3-5(7)4-6-2/h3-4,7H,1-2H2/b5-4+. The Kier molecular flexibility index (Phi) is 2.68. The van der Waals surface area contributed by atoms with Crippen molar-refractivity contribution in [3.63, 3.8) is 0 Å². The van der Waals surface area contributed by atoms with Gasteiger partial charge in [-0.05, 0) is 12.8 Å². The monoisotopic (exact) mass is 97.1 g/mol. The molecule has 0 aromatic carbocycles. The summed E-state index contributed by atoms with van der Waals surface area (Å²) in [4.78, 5) is 3.27. The Labute approximate surface area is 42.5 Å². The predicted octanol–water partition coefficient (Wildman–Crippen LogP) is 1.27. The number of nitrogens with zero attached hydrogens (tertiary/aromatic N) is 1. The molecule has 0 radical (unpaired) electrons. The van der Waals surface area contributed by atoms with E-state index in [0.717, 1.165) is 0 Å². The lowest BCUT2D eigenvalue weighted by Crippen LogP contribution is -1.66. The second kappa shape index (κ2) is 3.15. The summed E-state index contributed by atoms with van der Waals surface area (Å²) in [6.45, 7) is 6.39. The van der Waals surface area contributed by atoms with Crippen LogP contribution in [0.4, 0.5) is 0 Å². The third-order valence-electron chi connectivity index (χ3n) is 0.433. The highest BCUT2D eigenvalue weighted by atomic mass is 16.3. The van der Waals surface area contributed by atoms with E-state index in [-0.39, 0.29) is 5.76 Å². The summed E-state index contributed by atoms with van der Waals surface area (Å²) < 4.78 is 0. The Hall–Kier alpha value is -1.05. The molecule has 1 N–H and O–H groups in total. The largest absolute Gasteiger partial charge is 0.506 e. The molecule has 0 aromatic heterocycles. The lowest BCUT2D eigenvalue weighted by molar-refractivity contribution is 0.431. The van der Waals surface area contributed by atoms with Crippen LogP contribution in [0.25, 0.3) is 0 Å². The van der Waals surface area contributed by atoms with Gasteiger partial charge in [0.2, 0.25) is 0 Å². The predicted molar refractivity (Wildman–Crippen MR) is 30.5 cm³/mol. The van der Waals surface area contributed by atoms with E-state index in [0.29, 0.717) is 0 Å². The first-order valence-electron chi connectivity index (χ1n) is 1.78. The minimum absolute atomic E-state index is 0.0370. The molecular formula is C5H7NO. The molecule has 0 unspecified atom stereocenters. The van der Waals surface area contributed by atoms with Gasteiger partial charge in [-0.2, -0.15) is 0 Å². The van der Waals surface area contributed by atoms with Crippen molar-refractivity contribution < 1.29 is 5.11 Å². The van der Waals surface area contributed by atoms with Gasteiger partial charge in [-0.25, -0.2) is 0 Å². The van der Waals surface area contributed by atoms with Crippen molar-refractivity contribution in [1.82, 2.24) is 0 Å². The smallest absolute Gasteiger partial charge is 0.133 e. The molecule has 0 aromatic rings. The summed E-state index contributed by atoms with van der Waals surface area (Å²) in [5.74, 6) is 0.0370. The van der Waals surface area contributed by atoms with Gasteiger partial charge in [0, 0.05) is 0 Å². The third kappa shape index (κ3) is 2.76. The number of allylic oxidation sites excluding steroid dienone is 1. The van der Waals surface area contributed by atoms with E-state index in [1.54, 1.807) is 0 Å². The van der Waals surface area contributed by atoms with Crippen molar-refractivity contribution in [2.24, 2.45) is 4.99 Å². The molecule has 0 rings (SSSR count). The Balaban J connectivity index is 3.72. The molecule has 0 aliphatic heterocycles. The van der Waals surface area contributed by atoms with E-state index in [9.17, 15) is 0 Å². The average Bonchev–Trinajstić information content (AvgIpc) is 1.68. The first kappa shape index (κ1) is 5.95. The molecule has 0 bridgehead atoms. The molecule has 2 nitrogen and oxygen atoms in total. The van der Waals surface area contributed by atoms with Crippen LogP contribution in [-0.4, -0.2) is 11.8 Å². The van der Waals surface area contributed by atoms with Crippen LogP contribution in [0.3, 0.4) is 0 Å². The zero-order valence-corrected chi connectivity index (χ0v) is 3.96. The fraction of sp³-hybridized carbons (Fsp3) is 0. The quantitative estimate of drug-likeness (QED) is 0.314. The lowest BCUT2D eigenvalue weighted by Gasteiger charge is -1.79. The number of rotatable bonds is 2. The van der Waals surface area contributed by atoms with E-state index < -0.39 is 0 Å². The maximum atomic E-state index is 8.47. The van der Waals surface area contributed by atoms with Gasteiger partial charge in [-0.3, -0.25) is 4.99 Å². The molecule has 0 fully saturated rings. The van der Waals surface area contributed by atoms with Gasteiger partial charge in [0.1, 0.15) is 5.76 Å². The highest BCUT2D eigenvalue weighted by molar-refractivity contribution is 5.26. The first-order chi connectivity index (χ1) is 3.31. The third-order valence-corrected chi connectivity index (χ3v) is 0.433. The van der Waals surface area contributed by atoms with Crippen molar-refractivity contribution in [2.75, 3.05) is 0 Å². The summed E-state index contributed by atoms with van der Waals surface area (Å²) in [6.07, 6.45) is 2.50. The minimum Gasteiger partial charge on any atom is -0.506 e. The van der Waals surface area contributed by atoms with Gasteiger partial charge >= 0.3 is 0 Å². The Morgan fingerprint density at radius 1 is 1.71 bits per heavy atom. The summed E-state index contributed by atoms with van der Waals surface area (Å²) in [5, 5.41) is 8.47. The number of hydrogen-bond donors (Lipinski definition) is 1. The molecule has 0 aliphatic carbocycles. The second-order valence-electron chi connectivity index (χ2n) is 0.941. The van der Waals surface area contributed by atoms with Crippen molar-refractivity contribution in [2.45, 2.75) is 0 Å². The summed E-state index contributed by atoms with van der Waals surface area (Å²) in [7, 11) is 0. The highest BCUT2D eigenvalue weighted by Crippen LogP contribution is 1.85. The molecule has 38 valence electrons. The molecule has 0 amide bonds. The summed E-state index contributed by atoms with van der Waals surface area (Å²) in [6, 6.07) is 0. The van der Waals surface area contributed by atoms with Crippen LogP contribution in [0.1, 0.15) is 0 Å². The van der Waals surface area contributed by atoms with Crippen LogP contribution in [0.5, 0.6) is 0 Å². The molecule has 2 heteroatoms. The molecular weight excluding hydrogens is 90.1 g/mol. The molecule has 0 atom stereocenters. The Morgan fingerprint density at radius 3 is 2.43 bits per heavy atom. The van der Waals surface area contributed by atoms with Gasteiger partial charge < -0.3 is 5.11 Å². The van der Waals surface area contributed by atoms with Gasteiger partial charge in [-0.1, -0.05) is 6.58 Å². The molecule has 0 heterocycles. The van der Waals surface area contributed by atoms with Crippen molar-refractivity contribution >= 4 is 6.72 Å². The van der Waals surface area contributed by atoms with Crippen molar-refractivity contribution in [3.8, 4) is 0 Å². The summed E-state index contributed by atoms with van der Waals surface area (Å²) in [5.41, 5.74) is 0. The highest BCUT2D eigenvalue weighted by Gasteiger charge is 1.73. The molecule has 0 saturated heterocycles. The molecule has 0 spiro atoms. The molecule has 0 aliphatic rings. The van der Waals surface area contributed by atoms with Gasteiger partial charge in [0.05, 0.1) is 6.20 Å². The van der Waals surface area contributed by atoms with Crippen molar-refractivity contribution in [1.29, 1.82) is 0 Å². The van der Waals surface area contributed by atoms with Crippen LogP contribution in [0, 0.1) is 0 Å². The zero-order chi connectivity index (χ0) is 5.70. The van der Waals surface area contributed by atoms with Crippen LogP contribution >= 0.6 is 0 Å². The number of aliphatic hydroxyl groups is 1. The second-order valence-corrected chi connectivity index (χ2v) is 0.941. The minimum atomic E-state index is 0.0370. The van der Waals surface area contributed by atoms with E-state index in [1.165, 1.54) is 12.3 Å². The van der Waals surface area contributed by atoms with E-state index in [1.807, 2.05) is 0 Å². The van der Waals surface area contributed by atoms with Gasteiger partial charge in [0.15, 0.2) is 0 Å². The summed E-state index contributed by atoms with van der Waals surface area (Å²) >= 11 is 0. The normalized spacial score (nSPS) is 10.6. The van der Waals surface area contributed by atoms with Crippen LogP contribution in [0.2, 0.25) is 0 Å². The number of aliphatic hydroxyl groups excluding tert-OH is 1. The van der Waals surface area contributed by atoms with E-state index in [4.69, 9.17) is 5.11 Å². The fourth-order valence-corrected chi connectivity index (χ4v) is 0.146. The molecule has 7 heavy (non-hydrogen) atoms. The number of aliphatic imine (C=N–C) groups is 1. The SMILES string of the molecule is C=C/C(O)=C\N=C. The maximum Gasteiger partial charge on any atom is 0.133 e. The zero-order valence-electron chi connectivity index (χ0n) is 3.96. The maximum absolute atomic E-state index is 8.47. The Morgan fingerprint density at radius 2 is 2.29 bits per heavy atom.